The molecule has 0 spiro atoms. The summed E-state index contributed by atoms with van der Waals surface area (Å²) in [7, 11) is 0. The largest absolute Gasteiger partial charge is 0.416 e. The Kier molecular flexibility index (Phi) is 3.78. The molecule has 22 heavy (non-hydrogen) atoms. The first-order valence-corrected chi connectivity index (χ1v) is 6.89. The number of aromatic amines is 1. The van der Waals surface area contributed by atoms with Crippen molar-refractivity contribution in [1.82, 2.24) is 10.2 Å². The molecule has 2 aromatic rings. The van der Waals surface area contributed by atoms with E-state index in [1.807, 2.05) is 0 Å². The van der Waals surface area contributed by atoms with Crippen molar-refractivity contribution < 1.29 is 22.7 Å². The van der Waals surface area contributed by atoms with E-state index in [1.54, 1.807) is 0 Å². The van der Waals surface area contributed by atoms with Crippen LogP contribution in [0, 0.1) is 5.92 Å². The molecule has 1 saturated heterocycles. The summed E-state index contributed by atoms with van der Waals surface area (Å²) < 4.78 is 43.2. The van der Waals surface area contributed by atoms with Crippen LogP contribution in [0.1, 0.15) is 18.4 Å². The van der Waals surface area contributed by atoms with Crippen molar-refractivity contribution in [2.24, 2.45) is 5.92 Å². The second-order valence-electron chi connectivity index (χ2n) is 5.21. The average Bonchev–Trinajstić information content (AvgIpc) is 2.89. The van der Waals surface area contributed by atoms with Gasteiger partial charge in [-0.25, -0.2) is 0 Å². The maximum absolute atomic E-state index is 12.7. The number of hydrogen-bond donors (Lipinski definition) is 2. The van der Waals surface area contributed by atoms with Crippen LogP contribution in [0.15, 0.2) is 18.2 Å². The average molecular weight is 313 g/mol. The fourth-order valence-corrected chi connectivity index (χ4v) is 2.47. The summed E-state index contributed by atoms with van der Waals surface area (Å²) in [5, 5.41) is 9.54. The van der Waals surface area contributed by atoms with Crippen LogP contribution in [0.3, 0.4) is 0 Å². The molecule has 2 N–H and O–H groups in total. The molecule has 8 heteroatoms. The SMILES string of the molecule is O=C(Nc1n[nH]c2cc(C(F)(F)F)ccc12)C1CCOCC1. The number of fused-ring (bicyclic) bond motifs is 1. The van der Waals surface area contributed by atoms with E-state index in [4.69, 9.17) is 4.74 Å². The molecule has 5 nitrogen and oxygen atoms in total. The monoisotopic (exact) mass is 313 g/mol. The van der Waals surface area contributed by atoms with E-state index in [2.05, 4.69) is 15.5 Å². The molecule has 1 amide bonds. The molecular formula is C14H14F3N3O2. The van der Waals surface area contributed by atoms with Gasteiger partial charge in [0.25, 0.3) is 0 Å². The lowest BCUT2D eigenvalue weighted by Crippen LogP contribution is -2.28. The minimum atomic E-state index is -4.41. The normalized spacial score (nSPS) is 16.9. The van der Waals surface area contributed by atoms with Gasteiger partial charge in [-0.1, -0.05) is 0 Å². The molecule has 0 aliphatic carbocycles. The van der Waals surface area contributed by atoms with Gasteiger partial charge in [-0.2, -0.15) is 18.3 Å². The topological polar surface area (TPSA) is 67.0 Å². The summed E-state index contributed by atoms with van der Waals surface area (Å²) >= 11 is 0. The zero-order valence-corrected chi connectivity index (χ0v) is 11.5. The van der Waals surface area contributed by atoms with Crippen molar-refractivity contribution in [3.8, 4) is 0 Å². The van der Waals surface area contributed by atoms with E-state index in [1.165, 1.54) is 6.07 Å². The predicted octanol–water partition coefficient (Wildman–Crippen LogP) is 2.95. The van der Waals surface area contributed by atoms with Gasteiger partial charge in [0, 0.05) is 24.5 Å². The Labute approximate surface area is 123 Å². The molecule has 118 valence electrons. The van der Waals surface area contributed by atoms with Gasteiger partial charge in [-0.15, -0.1) is 0 Å². The highest BCUT2D eigenvalue weighted by molar-refractivity contribution is 6.00. The van der Waals surface area contributed by atoms with Crippen LogP contribution in [-0.2, 0) is 15.7 Å². The number of hydrogen-bond acceptors (Lipinski definition) is 3. The minimum absolute atomic E-state index is 0.157. The van der Waals surface area contributed by atoms with Crippen LogP contribution in [0.4, 0.5) is 19.0 Å². The van der Waals surface area contributed by atoms with Crippen LogP contribution in [0.25, 0.3) is 10.9 Å². The van der Waals surface area contributed by atoms with Crippen LogP contribution < -0.4 is 5.32 Å². The van der Waals surface area contributed by atoms with Gasteiger partial charge in [-0.05, 0) is 31.0 Å². The van der Waals surface area contributed by atoms with Gasteiger partial charge in [0.1, 0.15) is 0 Å². The molecule has 0 bridgehead atoms. The predicted molar refractivity (Wildman–Crippen MR) is 73.3 cm³/mol. The number of benzene rings is 1. The van der Waals surface area contributed by atoms with Crippen molar-refractivity contribution in [1.29, 1.82) is 0 Å². The highest BCUT2D eigenvalue weighted by atomic mass is 19.4. The van der Waals surface area contributed by atoms with E-state index in [-0.39, 0.29) is 23.2 Å². The lowest BCUT2D eigenvalue weighted by atomic mass is 9.99. The molecular weight excluding hydrogens is 299 g/mol. The third kappa shape index (κ3) is 2.92. The second kappa shape index (κ2) is 5.60. The molecule has 1 aliphatic heterocycles. The molecule has 2 heterocycles. The fourth-order valence-electron chi connectivity index (χ4n) is 2.47. The van der Waals surface area contributed by atoms with E-state index in [0.29, 0.717) is 31.4 Å². The third-order valence-corrected chi connectivity index (χ3v) is 3.72. The van der Waals surface area contributed by atoms with Crippen LogP contribution >= 0.6 is 0 Å². The van der Waals surface area contributed by atoms with Crippen molar-refractivity contribution in [2.45, 2.75) is 19.0 Å². The summed E-state index contributed by atoms with van der Waals surface area (Å²) in [6.07, 6.45) is -3.15. The molecule has 1 aliphatic rings. The summed E-state index contributed by atoms with van der Waals surface area (Å²) in [6.45, 7) is 1.07. The zero-order chi connectivity index (χ0) is 15.7. The first-order chi connectivity index (χ1) is 10.4. The molecule has 0 radical (unpaired) electrons. The number of rotatable bonds is 2. The number of aromatic nitrogens is 2. The molecule has 1 aromatic carbocycles. The van der Waals surface area contributed by atoms with Crippen molar-refractivity contribution in [3.63, 3.8) is 0 Å². The summed E-state index contributed by atoms with van der Waals surface area (Å²) in [6, 6.07) is 3.26. The van der Waals surface area contributed by atoms with Gasteiger partial charge in [0.15, 0.2) is 5.82 Å². The second-order valence-corrected chi connectivity index (χ2v) is 5.21. The summed E-state index contributed by atoms with van der Waals surface area (Å²) in [5.74, 6) is -0.0910. The molecule has 0 unspecified atom stereocenters. The van der Waals surface area contributed by atoms with E-state index < -0.39 is 11.7 Å². The van der Waals surface area contributed by atoms with E-state index >= 15 is 0 Å². The highest BCUT2D eigenvalue weighted by Gasteiger charge is 2.31. The summed E-state index contributed by atoms with van der Waals surface area (Å²) in [5.41, 5.74) is -0.525. The van der Waals surface area contributed by atoms with Gasteiger partial charge in [0.05, 0.1) is 11.1 Å². The smallest absolute Gasteiger partial charge is 0.381 e. The molecule has 0 saturated carbocycles. The number of ether oxygens (including phenoxy) is 1. The van der Waals surface area contributed by atoms with Crippen LogP contribution in [0.2, 0.25) is 0 Å². The maximum Gasteiger partial charge on any atom is 0.416 e. The zero-order valence-electron chi connectivity index (χ0n) is 11.5. The summed E-state index contributed by atoms with van der Waals surface area (Å²) in [4.78, 5) is 12.1. The lowest BCUT2D eigenvalue weighted by molar-refractivity contribution is -0.137. The number of H-pyrrole nitrogens is 1. The van der Waals surface area contributed by atoms with Crippen molar-refractivity contribution >= 4 is 22.6 Å². The number of carbonyl (C=O) groups excluding carboxylic acids is 1. The molecule has 1 fully saturated rings. The Balaban J connectivity index is 1.81. The number of carbonyl (C=O) groups is 1. The van der Waals surface area contributed by atoms with Crippen molar-refractivity contribution in [3.05, 3.63) is 23.8 Å². The number of anilines is 1. The number of alkyl halides is 3. The first-order valence-electron chi connectivity index (χ1n) is 6.89. The number of halogens is 3. The van der Waals surface area contributed by atoms with Gasteiger partial charge in [0.2, 0.25) is 5.91 Å². The molecule has 1 aromatic heterocycles. The Morgan fingerprint density at radius 3 is 2.73 bits per heavy atom. The van der Waals surface area contributed by atoms with Crippen LogP contribution in [0.5, 0.6) is 0 Å². The Bertz CT molecular complexity index is 690. The minimum Gasteiger partial charge on any atom is -0.381 e. The Morgan fingerprint density at radius 1 is 1.32 bits per heavy atom. The van der Waals surface area contributed by atoms with Gasteiger partial charge < -0.3 is 10.1 Å². The number of amides is 1. The Hall–Kier alpha value is -2.09. The molecule has 0 atom stereocenters. The quantitative estimate of drug-likeness (QED) is 0.896. The highest BCUT2D eigenvalue weighted by Crippen LogP contribution is 2.32. The number of nitrogens with zero attached hydrogens (tertiary/aromatic N) is 1. The Morgan fingerprint density at radius 2 is 2.05 bits per heavy atom. The fraction of sp³-hybridized carbons (Fsp3) is 0.429. The van der Waals surface area contributed by atoms with Crippen molar-refractivity contribution in [2.75, 3.05) is 18.5 Å². The van der Waals surface area contributed by atoms with Gasteiger partial charge in [-0.3, -0.25) is 9.89 Å². The van der Waals surface area contributed by atoms with E-state index in [0.717, 1.165) is 12.1 Å². The first kappa shape index (κ1) is 14.8. The van der Waals surface area contributed by atoms with Gasteiger partial charge >= 0.3 is 6.18 Å². The van der Waals surface area contributed by atoms with Crippen LogP contribution in [-0.4, -0.2) is 29.3 Å². The standard InChI is InChI=1S/C14H14F3N3O2/c15-14(16,17)9-1-2-10-11(7-9)19-20-12(10)18-13(21)8-3-5-22-6-4-8/h1-2,7-8H,3-6H2,(H2,18,19,20,21). The maximum atomic E-state index is 12.7. The molecule has 3 rings (SSSR count). The van der Waals surface area contributed by atoms with E-state index in [9.17, 15) is 18.0 Å². The lowest BCUT2D eigenvalue weighted by Gasteiger charge is -2.20. The number of nitrogens with one attached hydrogen (secondary N) is 2. The third-order valence-electron chi connectivity index (χ3n) is 3.72.